The van der Waals surface area contributed by atoms with Crippen molar-refractivity contribution in [3.05, 3.63) is 45.1 Å². The predicted octanol–water partition coefficient (Wildman–Crippen LogP) is 4.72. The first kappa shape index (κ1) is 13.3. The summed E-state index contributed by atoms with van der Waals surface area (Å²) in [6.45, 7) is -2.39. The van der Waals surface area contributed by atoms with Crippen LogP contribution in [-0.4, -0.2) is 6.61 Å². The zero-order valence-electron chi connectivity index (χ0n) is 9.20. The van der Waals surface area contributed by atoms with Crippen LogP contribution in [0, 0.1) is 0 Å². The van der Waals surface area contributed by atoms with Gasteiger partial charge in [-0.3, -0.25) is 0 Å². The second-order valence-electron chi connectivity index (χ2n) is 3.50. The largest absolute Gasteiger partial charge is 0.434 e. The summed E-state index contributed by atoms with van der Waals surface area (Å²) in [5.74, 6) is 0.191. The molecule has 0 radical (unpaired) electrons. The maximum Gasteiger partial charge on any atom is 0.387 e. The molecule has 1 aromatic carbocycles. The van der Waals surface area contributed by atoms with Crippen molar-refractivity contribution in [3.63, 3.8) is 0 Å². The van der Waals surface area contributed by atoms with Crippen LogP contribution in [0.15, 0.2) is 39.5 Å². The van der Waals surface area contributed by atoms with Crippen LogP contribution in [0.25, 0.3) is 0 Å². The summed E-state index contributed by atoms with van der Waals surface area (Å²) >= 11 is 4.88. The summed E-state index contributed by atoms with van der Waals surface area (Å²) in [6, 6.07) is 6.89. The van der Waals surface area contributed by atoms with Crippen molar-refractivity contribution in [1.82, 2.24) is 0 Å². The lowest BCUT2D eigenvalue weighted by Gasteiger charge is -2.12. The van der Waals surface area contributed by atoms with Crippen molar-refractivity contribution in [3.8, 4) is 5.75 Å². The predicted molar refractivity (Wildman–Crippen MR) is 72.4 cm³/mol. The molecule has 0 saturated carbocycles. The maximum atomic E-state index is 12.3. The van der Waals surface area contributed by atoms with Gasteiger partial charge in [-0.2, -0.15) is 20.1 Å². The van der Waals surface area contributed by atoms with Crippen LogP contribution in [0.2, 0.25) is 0 Å². The normalized spacial score (nSPS) is 10.7. The lowest BCUT2D eigenvalue weighted by molar-refractivity contribution is -0.0504. The van der Waals surface area contributed by atoms with E-state index in [-0.39, 0.29) is 5.75 Å². The number of ether oxygens (including phenoxy) is 1. The molecule has 2 aromatic rings. The molecule has 0 bridgehead atoms. The van der Waals surface area contributed by atoms with Gasteiger partial charge in [-0.1, -0.05) is 15.9 Å². The Morgan fingerprint density at radius 3 is 2.83 bits per heavy atom. The standard InChI is InChI=1S/C12H10BrF2NOS/c13-9-1-2-11(17-12(14)15)8(5-9)6-16-10-3-4-18-7-10/h1-5,7,12,16H,6H2. The first-order chi connectivity index (χ1) is 8.65. The molecule has 18 heavy (non-hydrogen) atoms. The molecule has 0 aliphatic rings. The Morgan fingerprint density at radius 1 is 1.33 bits per heavy atom. The molecule has 2 rings (SSSR count). The number of rotatable bonds is 5. The van der Waals surface area contributed by atoms with E-state index in [1.165, 1.54) is 6.07 Å². The Balaban J connectivity index is 2.11. The van der Waals surface area contributed by atoms with Crippen LogP contribution < -0.4 is 10.1 Å². The second-order valence-corrected chi connectivity index (χ2v) is 5.19. The van der Waals surface area contributed by atoms with E-state index in [9.17, 15) is 8.78 Å². The molecule has 0 aliphatic carbocycles. The van der Waals surface area contributed by atoms with Crippen molar-refractivity contribution in [1.29, 1.82) is 0 Å². The smallest absolute Gasteiger partial charge is 0.387 e. The Hall–Kier alpha value is -1.14. The summed E-state index contributed by atoms with van der Waals surface area (Å²) in [5, 5.41) is 7.04. The van der Waals surface area contributed by atoms with Gasteiger partial charge in [-0.25, -0.2) is 0 Å². The number of anilines is 1. The van der Waals surface area contributed by atoms with Crippen LogP contribution >= 0.6 is 27.3 Å². The highest BCUT2D eigenvalue weighted by Crippen LogP contribution is 2.26. The van der Waals surface area contributed by atoms with Crippen molar-refractivity contribution in [2.45, 2.75) is 13.2 Å². The van der Waals surface area contributed by atoms with Crippen LogP contribution in [0.4, 0.5) is 14.5 Å². The molecular weight excluding hydrogens is 324 g/mol. The molecule has 0 unspecified atom stereocenters. The third kappa shape index (κ3) is 3.68. The van der Waals surface area contributed by atoms with Gasteiger partial charge in [0.15, 0.2) is 0 Å². The SMILES string of the molecule is FC(F)Oc1ccc(Br)cc1CNc1ccsc1. The molecule has 0 spiro atoms. The van der Waals surface area contributed by atoms with Crippen LogP contribution in [-0.2, 0) is 6.54 Å². The quantitative estimate of drug-likeness (QED) is 0.854. The molecule has 1 heterocycles. The molecule has 0 amide bonds. The zero-order valence-corrected chi connectivity index (χ0v) is 11.6. The van der Waals surface area contributed by atoms with E-state index in [1.54, 1.807) is 23.5 Å². The number of halogens is 3. The fourth-order valence-corrected chi connectivity index (χ4v) is 2.48. The van der Waals surface area contributed by atoms with Crippen LogP contribution in [0.5, 0.6) is 5.75 Å². The van der Waals surface area contributed by atoms with Crippen LogP contribution in [0.3, 0.4) is 0 Å². The number of thiophene rings is 1. The first-order valence-corrected chi connectivity index (χ1v) is 6.88. The van der Waals surface area contributed by atoms with Crippen molar-refractivity contribution >= 4 is 33.0 Å². The highest BCUT2D eigenvalue weighted by Gasteiger charge is 2.10. The number of benzene rings is 1. The highest BCUT2D eigenvalue weighted by molar-refractivity contribution is 9.10. The molecule has 0 fully saturated rings. The molecular formula is C12H10BrF2NOS. The molecule has 0 saturated heterocycles. The van der Waals surface area contributed by atoms with Gasteiger partial charge in [-0.05, 0) is 29.6 Å². The Bertz CT molecular complexity index is 505. The van der Waals surface area contributed by atoms with Gasteiger partial charge >= 0.3 is 6.61 Å². The average molecular weight is 334 g/mol. The minimum atomic E-state index is -2.81. The lowest BCUT2D eigenvalue weighted by Crippen LogP contribution is -2.07. The van der Waals surface area contributed by atoms with Crippen molar-refractivity contribution < 1.29 is 13.5 Å². The second kappa shape index (κ2) is 6.15. The molecule has 0 aliphatic heterocycles. The van der Waals surface area contributed by atoms with Crippen molar-refractivity contribution in [2.75, 3.05) is 5.32 Å². The third-order valence-electron chi connectivity index (χ3n) is 2.24. The van der Waals surface area contributed by atoms with E-state index >= 15 is 0 Å². The molecule has 96 valence electrons. The summed E-state index contributed by atoms with van der Waals surface area (Å²) in [7, 11) is 0. The molecule has 2 nitrogen and oxygen atoms in total. The molecule has 1 N–H and O–H groups in total. The third-order valence-corrected chi connectivity index (χ3v) is 3.42. The van der Waals surface area contributed by atoms with Gasteiger partial charge < -0.3 is 10.1 Å². The number of hydrogen-bond acceptors (Lipinski definition) is 3. The minimum absolute atomic E-state index is 0.191. The molecule has 6 heteroatoms. The average Bonchev–Trinajstić information content (AvgIpc) is 2.82. The summed E-state index contributed by atoms with van der Waals surface area (Å²) in [6.07, 6.45) is 0. The van der Waals surface area contributed by atoms with Gasteiger partial charge in [0.05, 0.1) is 0 Å². The Morgan fingerprint density at radius 2 is 2.17 bits per heavy atom. The summed E-state index contributed by atoms with van der Waals surface area (Å²) in [4.78, 5) is 0. The Kier molecular flexibility index (Phi) is 4.54. The van der Waals surface area contributed by atoms with E-state index in [1.807, 2.05) is 16.8 Å². The van der Waals surface area contributed by atoms with Gasteiger partial charge in [-0.15, -0.1) is 0 Å². The van der Waals surface area contributed by atoms with E-state index < -0.39 is 6.61 Å². The molecule has 0 atom stereocenters. The number of alkyl halides is 2. The summed E-state index contributed by atoms with van der Waals surface area (Å²) in [5.41, 5.74) is 1.64. The van der Waals surface area contributed by atoms with Crippen molar-refractivity contribution in [2.24, 2.45) is 0 Å². The fraction of sp³-hybridized carbons (Fsp3) is 0.167. The number of hydrogen-bond donors (Lipinski definition) is 1. The Labute approximate surface area is 116 Å². The van der Waals surface area contributed by atoms with E-state index in [4.69, 9.17) is 0 Å². The van der Waals surface area contributed by atoms with E-state index in [0.717, 1.165) is 10.2 Å². The van der Waals surface area contributed by atoms with Crippen LogP contribution in [0.1, 0.15) is 5.56 Å². The fourth-order valence-electron chi connectivity index (χ4n) is 1.46. The number of nitrogens with one attached hydrogen (secondary N) is 1. The van der Waals surface area contributed by atoms with Gasteiger partial charge in [0.25, 0.3) is 0 Å². The molecule has 1 aromatic heterocycles. The highest BCUT2D eigenvalue weighted by atomic mass is 79.9. The zero-order chi connectivity index (χ0) is 13.0. The van der Waals surface area contributed by atoms with E-state index in [2.05, 4.69) is 26.0 Å². The van der Waals surface area contributed by atoms with E-state index in [0.29, 0.717) is 12.1 Å². The van der Waals surface area contributed by atoms with Gasteiger partial charge in [0.1, 0.15) is 5.75 Å². The first-order valence-electron chi connectivity index (χ1n) is 5.14. The lowest BCUT2D eigenvalue weighted by atomic mass is 10.2. The minimum Gasteiger partial charge on any atom is -0.434 e. The summed E-state index contributed by atoms with van der Waals surface area (Å²) < 4.78 is 29.8. The van der Waals surface area contributed by atoms with Gasteiger partial charge in [0, 0.05) is 27.6 Å². The topological polar surface area (TPSA) is 21.3 Å². The monoisotopic (exact) mass is 333 g/mol. The maximum absolute atomic E-state index is 12.3. The van der Waals surface area contributed by atoms with Gasteiger partial charge in [0.2, 0.25) is 0 Å².